The van der Waals surface area contributed by atoms with E-state index in [4.69, 9.17) is 0 Å². The fraction of sp³-hybridized carbons (Fsp3) is 0.684. The van der Waals surface area contributed by atoms with Gasteiger partial charge in [-0.05, 0) is 62.7 Å². The molecule has 1 aromatic carbocycles. The van der Waals surface area contributed by atoms with Gasteiger partial charge < -0.3 is 10.2 Å². The zero-order valence-electron chi connectivity index (χ0n) is 14.2. The lowest BCUT2D eigenvalue weighted by atomic mass is 9.78. The molecule has 2 rings (SSSR count). The summed E-state index contributed by atoms with van der Waals surface area (Å²) in [6.07, 6.45) is 4.10. The second kappa shape index (κ2) is 7.95. The summed E-state index contributed by atoms with van der Waals surface area (Å²) in [7, 11) is 2.27. The van der Waals surface area contributed by atoms with Crippen molar-refractivity contribution in [2.75, 3.05) is 20.1 Å². The van der Waals surface area contributed by atoms with Crippen LogP contribution in [0.2, 0.25) is 0 Å². The van der Waals surface area contributed by atoms with Gasteiger partial charge in [0, 0.05) is 19.1 Å². The topological polar surface area (TPSA) is 15.3 Å². The summed E-state index contributed by atoms with van der Waals surface area (Å²) in [6, 6.07) is 9.47. The van der Waals surface area contributed by atoms with Crippen LogP contribution in [-0.4, -0.2) is 31.1 Å². The summed E-state index contributed by atoms with van der Waals surface area (Å²) >= 11 is 0. The Morgan fingerprint density at radius 3 is 2.71 bits per heavy atom. The second-order valence-electron chi connectivity index (χ2n) is 6.97. The Morgan fingerprint density at radius 2 is 2.00 bits per heavy atom. The monoisotopic (exact) mass is 288 g/mol. The lowest BCUT2D eigenvalue weighted by Crippen LogP contribution is -2.44. The van der Waals surface area contributed by atoms with Crippen molar-refractivity contribution in [2.24, 2.45) is 11.8 Å². The number of rotatable bonds is 6. The van der Waals surface area contributed by atoms with Crippen molar-refractivity contribution in [3.63, 3.8) is 0 Å². The molecule has 0 saturated heterocycles. The molecule has 0 spiro atoms. The Bertz CT molecular complexity index is 429. The minimum Gasteiger partial charge on any atom is -0.314 e. The van der Waals surface area contributed by atoms with Crippen molar-refractivity contribution >= 4 is 0 Å². The molecule has 1 saturated carbocycles. The Balaban J connectivity index is 1.93. The first-order chi connectivity index (χ1) is 10.1. The third kappa shape index (κ3) is 4.82. The molecule has 1 aliphatic rings. The fourth-order valence-corrected chi connectivity index (χ4v) is 3.77. The third-order valence-electron chi connectivity index (χ3n) is 4.96. The first-order valence-electron chi connectivity index (χ1n) is 8.56. The van der Waals surface area contributed by atoms with Crippen LogP contribution in [0.5, 0.6) is 0 Å². The van der Waals surface area contributed by atoms with E-state index in [-0.39, 0.29) is 0 Å². The van der Waals surface area contributed by atoms with E-state index in [1.54, 1.807) is 0 Å². The van der Waals surface area contributed by atoms with E-state index in [1.165, 1.54) is 36.9 Å². The number of hydrogen-bond donors (Lipinski definition) is 1. The number of nitrogens with one attached hydrogen (secondary N) is 1. The molecule has 3 unspecified atom stereocenters. The normalized spacial score (nSPS) is 26.2. The highest BCUT2D eigenvalue weighted by Crippen LogP contribution is 2.30. The Morgan fingerprint density at radius 1 is 1.24 bits per heavy atom. The molecule has 118 valence electrons. The van der Waals surface area contributed by atoms with Crippen LogP contribution in [-0.2, 0) is 6.54 Å². The summed E-state index contributed by atoms with van der Waals surface area (Å²) in [5.41, 5.74) is 2.87. The van der Waals surface area contributed by atoms with Gasteiger partial charge in [-0.2, -0.15) is 0 Å². The molecular formula is C19H32N2. The van der Waals surface area contributed by atoms with E-state index in [9.17, 15) is 0 Å². The zero-order valence-corrected chi connectivity index (χ0v) is 14.2. The first-order valence-corrected chi connectivity index (χ1v) is 8.56. The molecule has 2 heteroatoms. The lowest BCUT2D eigenvalue weighted by molar-refractivity contribution is 0.158. The molecular weight excluding hydrogens is 256 g/mol. The highest BCUT2D eigenvalue weighted by molar-refractivity contribution is 5.25. The molecule has 3 atom stereocenters. The van der Waals surface area contributed by atoms with Crippen LogP contribution < -0.4 is 5.32 Å². The van der Waals surface area contributed by atoms with Crippen molar-refractivity contribution in [3.05, 3.63) is 35.4 Å². The standard InChI is InChI=1S/C19H32N2/c1-5-20-19-11-10-15(2)12-18(19)14-21(4)13-17-9-7-6-8-16(17)3/h6-9,15,18-20H,5,10-14H2,1-4H3. The van der Waals surface area contributed by atoms with Gasteiger partial charge >= 0.3 is 0 Å². The molecule has 1 N–H and O–H groups in total. The molecule has 0 bridgehead atoms. The third-order valence-corrected chi connectivity index (χ3v) is 4.96. The lowest BCUT2D eigenvalue weighted by Gasteiger charge is -2.37. The minimum absolute atomic E-state index is 0.713. The predicted molar refractivity (Wildman–Crippen MR) is 91.5 cm³/mol. The van der Waals surface area contributed by atoms with E-state index < -0.39 is 0 Å². The van der Waals surface area contributed by atoms with Crippen LogP contribution in [0.4, 0.5) is 0 Å². The maximum Gasteiger partial charge on any atom is 0.0233 e. The zero-order chi connectivity index (χ0) is 15.2. The van der Waals surface area contributed by atoms with Crippen LogP contribution in [0.25, 0.3) is 0 Å². The average Bonchev–Trinajstić information content (AvgIpc) is 2.44. The predicted octanol–water partition coefficient (Wildman–Crippen LogP) is 3.84. The van der Waals surface area contributed by atoms with Gasteiger partial charge in [-0.3, -0.25) is 0 Å². The fourth-order valence-electron chi connectivity index (χ4n) is 3.77. The molecule has 21 heavy (non-hydrogen) atoms. The van der Waals surface area contributed by atoms with Crippen LogP contribution in [0.3, 0.4) is 0 Å². The smallest absolute Gasteiger partial charge is 0.0233 e. The van der Waals surface area contributed by atoms with Gasteiger partial charge in [0.25, 0.3) is 0 Å². The van der Waals surface area contributed by atoms with Gasteiger partial charge in [0.05, 0.1) is 0 Å². The largest absolute Gasteiger partial charge is 0.314 e. The van der Waals surface area contributed by atoms with Crippen molar-refractivity contribution in [3.8, 4) is 0 Å². The van der Waals surface area contributed by atoms with Crippen molar-refractivity contribution in [1.29, 1.82) is 0 Å². The first kappa shape index (κ1) is 16.5. The highest BCUT2D eigenvalue weighted by Gasteiger charge is 2.28. The second-order valence-corrected chi connectivity index (χ2v) is 6.97. The summed E-state index contributed by atoms with van der Waals surface area (Å²) in [6.45, 7) is 10.2. The van der Waals surface area contributed by atoms with E-state index in [0.717, 1.165) is 24.9 Å². The summed E-state index contributed by atoms with van der Waals surface area (Å²) < 4.78 is 0. The quantitative estimate of drug-likeness (QED) is 0.855. The molecule has 0 radical (unpaired) electrons. The van der Waals surface area contributed by atoms with Gasteiger partial charge in [-0.15, -0.1) is 0 Å². The molecule has 1 fully saturated rings. The molecule has 0 aliphatic heterocycles. The Kier molecular flexibility index (Phi) is 6.25. The molecule has 0 heterocycles. The van der Waals surface area contributed by atoms with Crippen molar-refractivity contribution in [1.82, 2.24) is 10.2 Å². The molecule has 1 aliphatic carbocycles. The van der Waals surface area contributed by atoms with Crippen molar-refractivity contribution in [2.45, 2.75) is 52.6 Å². The average molecular weight is 288 g/mol. The number of hydrogen-bond acceptors (Lipinski definition) is 2. The summed E-state index contributed by atoms with van der Waals surface area (Å²) in [4.78, 5) is 2.51. The molecule has 0 aromatic heterocycles. The minimum atomic E-state index is 0.713. The van der Waals surface area contributed by atoms with E-state index in [0.29, 0.717) is 6.04 Å². The number of nitrogens with zero attached hydrogens (tertiary/aromatic N) is 1. The Hall–Kier alpha value is -0.860. The van der Waals surface area contributed by atoms with Crippen LogP contribution >= 0.6 is 0 Å². The van der Waals surface area contributed by atoms with Crippen LogP contribution in [0.1, 0.15) is 44.2 Å². The SMILES string of the molecule is CCNC1CCC(C)CC1CN(C)Cc1ccccc1C. The molecule has 0 amide bonds. The van der Waals surface area contributed by atoms with Crippen LogP contribution in [0.15, 0.2) is 24.3 Å². The Labute approximate surface area is 130 Å². The van der Waals surface area contributed by atoms with Gasteiger partial charge in [0.1, 0.15) is 0 Å². The maximum absolute atomic E-state index is 3.71. The summed E-state index contributed by atoms with van der Waals surface area (Å²) in [5.74, 6) is 1.68. The van der Waals surface area contributed by atoms with E-state index in [2.05, 4.69) is 62.3 Å². The van der Waals surface area contributed by atoms with Gasteiger partial charge in [0.2, 0.25) is 0 Å². The van der Waals surface area contributed by atoms with Gasteiger partial charge in [-0.25, -0.2) is 0 Å². The maximum atomic E-state index is 3.71. The highest BCUT2D eigenvalue weighted by atomic mass is 15.1. The number of aryl methyl sites for hydroxylation is 1. The molecule has 1 aromatic rings. The van der Waals surface area contributed by atoms with Crippen LogP contribution in [0, 0.1) is 18.8 Å². The van der Waals surface area contributed by atoms with E-state index in [1.807, 2.05) is 0 Å². The van der Waals surface area contributed by atoms with Gasteiger partial charge in [0.15, 0.2) is 0 Å². The van der Waals surface area contributed by atoms with E-state index >= 15 is 0 Å². The summed E-state index contributed by atoms with van der Waals surface area (Å²) in [5, 5.41) is 3.71. The molecule has 2 nitrogen and oxygen atoms in total. The number of benzene rings is 1. The van der Waals surface area contributed by atoms with Crippen molar-refractivity contribution < 1.29 is 0 Å². The van der Waals surface area contributed by atoms with Gasteiger partial charge in [-0.1, -0.05) is 38.1 Å².